The molecule has 0 bridgehead atoms. The van der Waals surface area contributed by atoms with Crippen LogP contribution in [0.5, 0.6) is 5.75 Å². The predicted octanol–water partition coefficient (Wildman–Crippen LogP) is 4.67. The number of nitrogens with one attached hydrogen (secondary N) is 1. The van der Waals surface area contributed by atoms with Crippen molar-refractivity contribution in [1.29, 1.82) is 0 Å². The van der Waals surface area contributed by atoms with Gasteiger partial charge in [-0.25, -0.2) is 4.99 Å². The number of hydrogen-bond acceptors (Lipinski definition) is 5. The van der Waals surface area contributed by atoms with Gasteiger partial charge in [-0.05, 0) is 48.9 Å². The maximum absolute atomic E-state index is 5.98. The molecule has 0 aliphatic carbocycles. The van der Waals surface area contributed by atoms with Gasteiger partial charge in [0.05, 0.1) is 0 Å². The van der Waals surface area contributed by atoms with Crippen LogP contribution >= 0.6 is 11.3 Å². The molecule has 4 nitrogen and oxygen atoms in total. The van der Waals surface area contributed by atoms with Gasteiger partial charge in [0.15, 0.2) is 0 Å². The highest BCUT2D eigenvalue weighted by Crippen LogP contribution is 2.36. The zero-order chi connectivity index (χ0) is 17.8. The Kier molecular flexibility index (Phi) is 5.76. The van der Waals surface area contributed by atoms with Crippen molar-refractivity contribution in [1.82, 2.24) is 10.2 Å². The molecule has 1 atom stereocenters. The minimum absolute atomic E-state index is 0.162. The molecular weight excluding hydrogens is 330 g/mol. The first kappa shape index (κ1) is 18.0. The van der Waals surface area contributed by atoms with E-state index < -0.39 is 0 Å². The second kappa shape index (κ2) is 8.02. The van der Waals surface area contributed by atoms with Gasteiger partial charge in [0.1, 0.15) is 29.4 Å². The maximum Gasteiger partial charge on any atom is 0.124 e. The fourth-order valence-corrected chi connectivity index (χ4v) is 4.00. The van der Waals surface area contributed by atoms with Crippen LogP contribution in [0.1, 0.15) is 43.1 Å². The molecule has 1 unspecified atom stereocenters. The first-order chi connectivity index (χ1) is 12.1. The molecule has 2 heterocycles. The van der Waals surface area contributed by atoms with E-state index in [1.54, 1.807) is 11.3 Å². The van der Waals surface area contributed by atoms with Crippen molar-refractivity contribution in [2.45, 2.75) is 39.8 Å². The molecule has 0 saturated heterocycles. The van der Waals surface area contributed by atoms with Crippen LogP contribution in [0.2, 0.25) is 0 Å². The lowest BCUT2D eigenvalue weighted by molar-refractivity contribution is 0.260. The molecule has 1 aliphatic rings. The minimum Gasteiger partial charge on any atom is -0.492 e. The highest BCUT2D eigenvalue weighted by Gasteiger charge is 2.25. The Morgan fingerprint density at radius 1 is 1.28 bits per heavy atom. The van der Waals surface area contributed by atoms with Gasteiger partial charge in [0.2, 0.25) is 0 Å². The van der Waals surface area contributed by atoms with Gasteiger partial charge in [-0.2, -0.15) is 0 Å². The predicted molar refractivity (Wildman–Crippen MR) is 106 cm³/mol. The SMILES string of the molecule is CCCc1ccc(OCCNC2c3ccsc3N=C(C)N2C)c(C)c1. The van der Waals surface area contributed by atoms with Crippen molar-refractivity contribution < 1.29 is 4.74 Å². The van der Waals surface area contributed by atoms with Crippen LogP contribution in [0.4, 0.5) is 5.00 Å². The maximum atomic E-state index is 5.98. The minimum atomic E-state index is 0.162. The van der Waals surface area contributed by atoms with Crippen molar-refractivity contribution in [3.63, 3.8) is 0 Å². The fourth-order valence-electron chi connectivity index (χ4n) is 3.15. The van der Waals surface area contributed by atoms with E-state index in [9.17, 15) is 0 Å². The van der Waals surface area contributed by atoms with Gasteiger partial charge in [-0.3, -0.25) is 5.32 Å². The van der Waals surface area contributed by atoms with Crippen LogP contribution in [0.3, 0.4) is 0 Å². The van der Waals surface area contributed by atoms with Gasteiger partial charge in [-0.1, -0.05) is 25.5 Å². The van der Waals surface area contributed by atoms with Crippen LogP contribution < -0.4 is 10.1 Å². The topological polar surface area (TPSA) is 36.9 Å². The molecule has 0 fully saturated rings. The molecule has 0 radical (unpaired) electrons. The Hall–Kier alpha value is -1.85. The number of ether oxygens (including phenoxy) is 1. The highest BCUT2D eigenvalue weighted by molar-refractivity contribution is 7.14. The third-order valence-electron chi connectivity index (χ3n) is 4.61. The quantitative estimate of drug-likeness (QED) is 0.732. The number of aryl methyl sites for hydroxylation is 2. The first-order valence-corrected chi connectivity index (χ1v) is 9.79. The number of fused-ring (bicyclic) bond motifs is 1. The second-order valence-electron chi connectivity index (χ2n) is 6.51. The number of aliphatic imine (C=N–C) groups is 1. The van der Waals surface area contributed by atoms with Crippen molar-refractivity contribution in [3.05, 3.63) is 46.3 Å². The zero-order valence-corrected chi connectivity index (χ0v) is 16.3. The summed E-state index contributed by atoms with van der Waals surface area (Å²) >= 11 is 1.69. The molecule has 134 valence electrons. The number of hydrogen-bond donors (Lipinski definition) is 1. The summed E-state index contributed by atoms with van der Waals surface area (Å²) < 4.78 is 5.98. The van der Waals surface area contributed by atoms with Gasteiger partial charge in [-0.15, -0.1) is 11.3 Å². The second-order valence-corrected chi connectivity index (χ2v) is 7.40. The molecular formula is C20H27N3OS. The molecule has 1 N–H and O–H groups in total. The van der Waals surface area contributed by atoms with Gasteiger partial charge in [0, 0.05) is 19.2 Å². The summed E-state index contributed by atoms with van der Waals surface area (Å²) in [7, 11) is 2.08. The lowest BCUT2D eigenvalue weighted by Gasteiger charge is -2.33. The summed E-state index contributed by atoms with van der Waals surface area (Å²) in [6.45, 7) is 7.81. The van der Waals surface area contributed by atoms with E-state index in [0.717, 1.165) is 29.6 Å². The standard InChI is InChI=1S/C20H27N3OS/c1-5-6-16-7-8-18(14(2)13-16)24-11-10-21-19-17-9-12-25-20(17)22-15(3)23(19)4/h7-9,12-13,19,21H,5-6,10-11H2,1-4H3. The van der Waals surface area contributed by atoms with Crippen molar-refractivity contribution in [2.75, 3.05) is 20.2 Å². The molecule has 0 saturated carbocycles. The lowest BCUT2D eigenvalue weighted by Crippen LogP contribution is -2.41. The summed E-state index contributed by atoms with van der Waals surface area (Å²) in [6.07, 6.45) is 2.46. The Bertz CT molecular complexity index is 753. The average molecular weight is 358 g/mol. The third-order valence-corrected chi connectivity index (χ3v) is 5.43. The van der Waals surface area contributed by atoms with Gasteiger partial charge >= 0.3 is 0 Å². The van der Waals surface area contributed by atoms with Crippen molar-refractivity contribution in [3.8, 4) is 5.75 Å². The number of thiophene rings is 1. The van der Waals surface area contributed by atoms with E-state index in [2.05, 4.69) is 72.7 Å². The smallest absolute Gasteiger partial charge is 0.124 e. The normalized spacial score (nSPS) is 16.6. The molecule has 1 aromatic carbocycles. The number of nitrogens with zero attached hydrogens (tertiary/aromatic N) is 2. The van der Waals surface area contributed by atoms with Crippen LogP contribution in [-0.4, -0.2) is 30.9 Å². The van der Waals surface area contributed by atoms with E-state index in [4.69, 9.17) is 4.74 Å². The van der Waals surface area contributed by atoms with Crippen LogP contribution in [0, 0.1) is 6.92 Å². The summed E-state index contributed by atoms with van der Waals surface area (Å²) in [4.78, 5) is 6.82. The van der Waals surface area contributed by atoms with E-state index >= 15 is 0 Å². The Labute approximate surface area is 154 Å². The summed E-state index contributed by atoms with van der Waals surface area (Å²) in [5.74, 6) is 2.02. The van der Waals surface area contributed by atoms with Crippen LogP contribution in [0.15, 0.2) is 34.6 Å². The Balaban J connectivity index is 1.55. The largest absolute Gasteiger partial charge is 0.492 e. The van der Waals surface area contributed by atoms with E-state index in [0.29, 0.717) is 6.61 Å². The van der Waals surface area contributed by atoms with Crippen LogP contribution in [-0.2, 0) is 6.42 Å². The molecule has 1 aliphatic heterocycles. The average Bonchev–Trinajstić information content (AvgIpc) is 3.04. The monoisotopic (exact) mass is 357 g/mol. The molecule has 0 amide bonds. The molecule has 25 heavy (non-hydrogen) atoms. The Morgan fingerprint density at radius 2 is 2.12 bits per heavy atom. The van der Waals surface area contributed by atoms with E-state index in [1.165, 1.54) is 23.1 Å². The third kappa shape index (κ3) is 4.05. The van der Waals surface area contributed by atoms with Crippen molar-refractivity contribution in [2.24, 2.45) is 4.99 Å². The van der Waals surface area contributed by atoms with Crippen LogP contribution in [0.25, 0.3) is 0 Å². The summed E-state index contributed by atoms with van der Waals surface area (Å²) in [5.41, 5.74) is 3.84. The summed E-state index contributed by atoms with van der Waals surface area (Å²) in [5, 5.41) is 6.80. The van der Waals surface area contributed by atoms with Gasteiger partial charge < -0.3 is 9.64 Å². The number of benzene rings is 1. The van der Waals surface area contributed by atoms with Gasteiger partial charge in [0.25, 0.3) is 0 Å². The fraction of sp³-hybridized carbons (Fsp3) is 0.450. The zero-order valence-electron chi connectivity index (χ0n) is 15.5. The van der Waals surface area contributed by atoms with E-state index in [-0.39, 0.29) is 6.17 Å². The van der Waals surface area contributed by atoms with E-state index in [1.807, 2.05) is 0 Å². The highest BCUT2D eigenvalue weighted by atomic mass is 32.1. The molecule has 5 heteroatoms. The molecule has 2 aromatic rings. The molecule has 3 rings (SSSR count). The molecule has 1 aromatic heterocycles. The number of amidine groups is 1. The number of rotatable bonds is 7. The van der Waals surface area contributed by atoms with Crippen molar-refractivity contribution >= 4 is 22.2 Å². The Morgan fingerprint density at radius 3 is 2.88 bits per heavy atom. The summed E-state index contributed by atoms with van der Waals surface area (Å²) in [6, 6.07) is 8.66. The first-order valence-electron chi connectivity index (χ1n) is 8.91. The molecule has 0 spiro atoms. The lowest BCUT2D eigenvalue weighted by atomic mass is 10.1.